The van der Waals surface area contributed by atoms with Crippen molar-refractivity contribution in [3.63, 3.8) is 0 Å². The normalized spacial score (nSPS) is 10.8. The molecule has 8 heteroatoms. The van der Waals surface area contributed by atoms with E-state index in [0.717, 1.165) is 16.3 Å². The molecule has 4 aromatic rings. The highest BCUT2D eigenvalue weighted by molar-refractivity contribution is 7.17. The number of nitrogens with one attached hydrogen (secondary N) is 1. The SMILES string of the molecule is Cc1ccc(-c2csc(NC(=O)c3nn(-c4ccccc4)c(C)cc3=O)n2)s1. The van der Waals surface area contributed by atoms with Gasteiger partial charge in [-0.1, -0.05) is 18.2 Å². The Kier molecular flexibility index (Phi) is 4.89. The molecule has 0 bridgehead atoms. The van der Waals surface area contributed by atoms with Crippen LogP contribution in [0.4, 0.5) is 5.13 Å². The highest BCUT2D eigenvalue weighted by Gasteiger charge is 2.17. The number of benzene rings is 1. The third-order valence-electron chi connectivity index (χ3n) is 4.04. The second-order valence-corrected chi connectivity index (χ2v) is 8.29. The molecule has 0 saturated heterocycles. The van der Waals surface area contributed by atoms with Crippen LogP contribution in [0.1, 0.15) is 21.1 Å². The van der Waals surface area contributed by atoms with Crippen molar-refractivity contribution in [1.29, 1.82) is 0 Å². The lowest BCUT2D eigenvalue weighted by molar-refractivity contribution is 0.101. The number of para-hydroxylation sites is 1. The van der Waals surface area contributed by atoms with Crippen LogP contribution in [0.2, 0.25) is 0 Å². The van der Waals surface area contributed by atoms with E-state index in [0.29, 0.717) is 10.8 Å². The van der Waals surface area contributed by atoms with Crippen LogP contribution in [0.5, 0.6) is 0 Å². The molecule has 1 N–H and O–H groups in total. The number of thiophene rings is 1. The van der Waals surface area contributed by atoms with Gasteiger partial charge in [0.15, 0.2) is 10.8 Å². The maximum absolute atomic E-state index is 12.7. The number of nitrogens with zero attached hydrogens (tertiary/aromatic N) is 3. The Morgan fingerprint density at radius 1 is 1.11 bits per heavy atom. The standard InChI is InChI=1S/C20H16N4O2S2/c1-12-10-16(25)18(23-24(12)14-6-4-3-5-7-14)19(26)22-20-21-15(11-27-20)17-9-8-13(2)28-17/h3-11H,1-2H3,(H,21,22,26). The summed E-state index contributed by atoms with van der Waals surface area (Å²) in [7, 11) is 0. The Morgan fingerprint density at radius 2 is 1.89 bits per heavy atom. The first kappa shape index (κ1) is 18.3. The van der Waals surface area contributed by atoms with Gasteiger partial charge in [-0.15, -0.1) is 22.7 Å². The number of hydrogen-bond acceptors (Lipinski definition) is 6. The molecular weight excluding hydrogens is 392 g/mol. The Labute approximate surface area is 169 Å². The van der Waals surface area contributed by atoms with E-state index in [4.69, 9.17) is 0 Å². The third kappa shape index (κ3) is 3.64. The van der Waals surface area contributed by atoms with Gasteiger partial charge in [0.2, 0.25) is 5.43 Å². The summed E-state index contributed by atoms with van der Waals surface area (Å²) in [5, 5.41) is 9.28. The molecule has 140 valence electrons. The molecule has 3 heterocycles. The van der Waals surface area contributed by atoms with Crippen LogP contribution in [0.15, 0.2) is 58.7 Å². The molecule has 4 rings (SSSR count). The third-order valence-corrected chi connectivity index (χ3v) is 5.82. The van der Waals surface area contributed by atoms with Crippen LogP contribution in [0.3, 0.4) is 0 Å². The van der Waals surface area contributed by atoms with Gasteiger partial charge in [-0.05, 0) is 38.1 Å². The van der Waals surface area contributed by atoms with Gasteiger partial charge in [-0.2, -0.15) is 5.10 Å². The Bertz CT molecular complexity index is 1210. The minimum atomic E-state index is -0.571. The molecule has 0 fully saturated rings. The fraction of sp³-hybridized carbons (Fsp3) is 0.100. The van der Waals surface area contributed by atoms with E-state index in [9.17, 15) is 9.59 Å². The molecule has 1 aromatic carbocycles. The minimum absolute atomic E-state index is 0.168. The van der Waals surface area contributed by atoms with E-state index in [-0.39, 0.29) is 5.69 Å². The van der Waals surface area contributed by atoms with Crippen molar-refractivity contribution in [3.8, 4) is 16.3 Å². The lowest BCUT2D eigenvalue weighted by Gasteiger charge is -2.10. The molecule has 28 heavy (non-hydrogen) atoms. The molecule has 0 radical (unpaired) electrons. The van der Waals surface area contributed by atoms with Crippen LogP contribution in [-0.2, 0) is 0 Å². The first-order chi connectivity index (χ1) is 13.5. The van der Waals surface area contributed by atoms with Crippen LogP contribution in [-0.4, -0.2) is 20.7 Å². The van der Waals surface area contributed by atoms with E-state index < -0.39 is 11.3 Å². The average Bonchev–Trinajstić information content (AvgIpc) is 3.31. The number of carbonyl (C=O) groups is 1. The smallest absolute Gasteiger partial charge is 0.281 e. The zero-order valence-electron chi connectivity index (χ0n) is 15.2. The van der Waals surface area contributed by atoms with Gasteiger partial charge in [0.1, 0.15) is 0 Å². The van der Waals surface area contributed by atoms with Crippen molar-refractivity contribution in [2.45, 2.75) is 13.8 Å². The quantitative estimate of drug-likeness (QED) is 0.547. The summed E-state index contributed by atoms with van der Waals surface area (Å²) < 4.78 is 1.58. The molecule has 0 aliphatic rings. The summed E-state index contributed by atoms with van der Waals surface area (Å²) >= 11 is 2.95. The molecule has 6 nitrogen and oxygen atoms in total. The largest absolute Gasteiger partial charge is 0.296 e. The number of carbonyl (C=O) groups excluding carboxylic acids is 1. The minimum Gasteiger partial charge on any atom is -0.296 e. The van der Waals surface area contributed by atoms with E-state index in [2.05, 4.69) is 15.4 Å². The molecule has 0 atom stereocenters. The molecule has 3 aromatic heterocycles. The lowest BCUT2D eigenvalue weighted by atomic mass is 10.2. The van der Waals surface area contributed by atoms with Crippen molar-refractivity contribution in [1.82, 2.24) is 14.8 Å². The maximum atomic E-state index is 12.7. The van der Waals surface area contributed by atoms with Gasteiger partial charge in [-0.3, -0.25) is 14.9 Å². The van der Waals surface area contributed by atoms with Gasteiger partial charge in [-0.25, -0.2) is 9.67 Å². The molecule has 1 amide bonds. The van der Waals surface area contributed by atoms with Crippen LogP contribution in [0.25, 0.3) is 16.3 Å². The van der Waals surface area contributed by atoms with Gasteiger partial charge < -0.3 is 0 Å². The number of thiazole rings is 1. The van der Waals surface area contributed by atoms with Crippen molar-refractivity contribution in [2.75, 3.05) is 5.32 Å². The zero-order valence-corrected chi connectivity index (χ0v) is 16.8. The first-order valence-corrected chi connectivity index (χ1v) is 10.2. The predicted molar refractivity (Wildman–Crippen MR) is 113 cm³/mol. The van der Waals surface area contributed by atoms with Crippen LogP contribution in [0, 0.1) is 13.8 Å². The molecule has 0 saturated carbocycles. The number of anilines is 1. The Balaban J connectivity index is 1.62. The van der Waals surface area contributed by atoms with Crippen molar-refractivity contribution in [2.24, 2.45) is 0 Å². The average molecular weight is 409 g/mol. The second kappa shape index (κ2) is 7.49. The molecular formula is C20H16N4O2S2. The number of amides is 1. The van der Waals surface area contributed by atoms with E-state index >= 15 is 0 Å². The van der Waals surface area contributed by atoms with Crippen LogP contribution < -0.4 is 10.7 Å². The Hall–Kier alpha value is -3.10. The van der Waals surface area contributed by atoms with Crippen molar-refractivity contribution >= 4 is 33.7 Å². The first-order valence-electron chi connectivity index (χ1n) is 8.51. The highest BCUT2D eigenvalue weighted by Crippen LogP contribution is 2.30. The van der Waals surface area contributed by atoms with E-state index in [1.165, 1.54) is 22.3 Å². The number of aromatic nitrogens is 3. The molecule has 0 aliphatic carbocycles. The van der Waals surface area contributed by atoms with E-state index in [1.54, 1.807) is 22.9 Å². The molecule has 0 spiro atoms. The fourth-order valence-corrected chi connectivity index (χ4v) is 4.32. The topological polar surface area (TPSA) is 76.9 Å². The van der Waals surface area contributed by atoms with Gasteiger partial charge in [0.05, 0.1) is 16.3 Å². The van der Waals surface area contributed by atoms with Gasteiger partial charge in [0, 0.05) is 22.0 Å². The highest BCUT2D eigenvalue weighted by atomic mass is 32.1. The van der Waals surface area contributed by atoms with Crippen LogP contribution >= 0.6 is 22.7 Å². The van der Waals surface area contributed by atoms with Gasteiger partial charge in [0.25, 0.3) is 5.91 Å². The molecule has 0 aliphatic heterocycles. The maximum Gasteiger partial charge on any atom is 0.281 e. The van der Waals surface area contributed by atoms with Crippen molar-refractivity contribution in [3.05, 3.63) is 80.4 Å². The lowest BCUT2D eigenvalue weighted by Crippen LogP contribution is -2.26. The summed E-state index contributed by atoms with van der Waals surface area (Å²) in [5.41, 5.74) is 1.64. The Morgan fingerprint density at radius 3 is 2.61 bits per heavy atom. The zero-order chi connectivity index (χ0) is 19.7. The monoisotopic (exact) mass is 408 g/mol. The number of aryl methyl sites for hydroxylation is 2. The molecule has 0 unspecified atom stereocenters. The summed E-state index contributed by atoms with van der Waals surface area (Å²) in [6, 6.07) is 14.8. The number of hydrogen-bond donors (Lipinski definition) is 1. The predicted octanol–water partition coefficient (Wildman–Crippen LogP) is 4.29. The summed E-state index contributed by atoms with van der Waals surface area (Å²) in [6.45, 7) is 3.81. The summed E-state index contributed by atoms with van der Waals surface area (Å²) in [6.07, 6.45) is 0. The summed E-state index contributed by atoms with van der Waals surface area (Å²) in [5.74, 6) is -0.571. The second-order valence-electron chi connectivity index (χ2n) is 6.15. The fourth-order valence-electron chi connectivity index (χ4n) is 2.71. The van der Waals surface area contributed by atoms with Gasteiger partial charge >= 0.3 is 0 Å². The summed E-state index contributed by atoms with van der Waals surface area (Å²) in [4.78, 5) is 31.7. The van der Waals surface area contributed by atoms with Crippen molar-refractivity contribution < 1.29 is 4.79 Å². The van der Waals surface area contributed by atoms with E-state index in [1.807, 2.05) is 54.8 Å². The number of rotatable bonds is 4.